The van der Waals surface area contributed by atoms with Crippen LogP contribution in [0, 0.1) is 0 Å². The minimum atomic E-state index is -4.23. The van der Waals surface area contributed by atoms with E-state index in [2.05, 4.69) is 5.32 Å². The monoisotopic (exact) mass is 355 g/mol. The minimum absolute atomic E-state index is 0.180. The van der Waals surface area contributed by atoms with Gasteiger partial charge in [-0.2, -0.15) is 0 Å². The van der Waals surface area contributed by atoms with Crippen molar-refractivity contribution >= 4 is 15.7 Å². The molecule has 2 aliphatic rings. The second kappa shape index (κ2) is 5.79. The molecule has 0 aliphatic carbocycles. The Labute approximate surface area is 141 Å². The number of sulfone groups is 1. The van der Waals surface area contributed by atoms with Gasteiger partial charge in [0.05, 0.1) is 6.54 Å². The minimum Gasteiger partial charge on any atom is -0.333 e. The van der Waals surface area contributed by atoms with Crippen molar-refractivity contribution in [3.63, 3.8) is 0 Å². The number of carbonyl (C=O) groups is 1. The number of likely N-dealkylation sites (tertiary alicyclic amines) is 1. The van der Waals surface area contributed by atoms with E-state index in [0.29, 0.717) is 25.9 Å². The van der Waals surface area contributed by atoms with E-state index in [-0.39, 0.29) is 11.6 Å². The third-order valence-corrected chi connectivity index (χ3v) is 6.75. The predicted octanol–water partition coefficient (Wildman–Crippen LogP) is 0.145. The van der Waals surface area contributed by atoms with Crippen molar-refractivity contribution in [3.05, 3.63) is 35.9 Å². The Bertz CT molecular complexity index is 736. The molecule has 0 aromatic heterocycles. The number of alkyl halides is 1. The topological polar surface area (TPSA) is 92.5 Å². The number of nitrogens with zero attached hydrogens (tertiary/aromatic N) is 1. The molecule has 2 aliphatic heterocycles. The molecular weight excluding hydrogens is 333 g/mol. The van der Waals surface area contributed by atoms with Crippen LogP contribution >= 0.6 is 0 Å². The van der Waals surface area contributed by atoms with Gasteiger partial charge in [0.2, 0.25) is 0 Å². The zero-order valence-electron chi connectivity index (χ0n) is 13.5. The fourth-order valence-corrected chi connectivity index (χ4v) is 4.83. The number of amides is 1. The zero-order chi connectivity index (χ0) is 17.6. The van der Waals surface area contributed by atoms with Crippen LogP contribution in [-0.2, 0) is 20.2 Å². The van der Waals surface area contributed by atoms with Crippen LogP contribution < -0.4 is 11.1 Å². The molecule has 2 fully saturated rings. The lowest BCUT2D eigenvalue weighted by atomic mass is 9.87. The molecule has 2 heterocycles. The molecule has 8 heteroatoms. The summed E-state index contributed by atoms with van der Waals surface area (Å²) < 4.78 is 40.4. The average molecular weight is 355 g/mol. The molecule has 0 bridgehead atoms. The average Bonchev–Trinajstić information content (AvgIpc) is 2.79. The normalized spacial score (nSPS) is 32.3. The van der Waals surface area contributed by atoms with Crippen molar-refractivity contribution in [2.45, 2.75) is 29.4 Å². The van der Waals surface area contributed by atoms with E-state index in [9.17, 15) is 13.2 Å². The fourth-order valence-electron chi connectivity index (χ4n) is 3.66. The lowest BCUT2D eigenvalue weighted by Gasteiger charge is -2.33. The Kier molecular flexibility index (Phi) is 4.17. The predicted molar refractivity (Wildman–Crippen MR) is 88.6 cm³/mol. The first-order chi connectivity index (χ1) is 11.2. The number of hydrogen-bond donors (Lipinski definition) is 2. The maximum atomic E-state index is 15.8. The quantitative estimate of drug-likeness (QED) is 0.805. The van der Waals surface area contributed by atoms with Crippen LogP contribution in [0.5, 0.6) is 0 Å². The summed E-state index contributed by atoms with van der Waals surface area (Å²) in [6.07, 6.45) is 2.10. The third kappa shape index (κ3) is 2.35. The van der Waals surface area contributed by atoms with Crippen LogP contribution in [0.15, 0.2) is 30.3 Å². The summed E-state index contributed by atoms with van der Waals surface area (Å²) in [6.45, 7) is 0.881. The Morgan fingerprint density at radius 2 is 1.83 bits per heavy atom. The molecule has 0 radical (unpaired) electrons. The van der Waals surface area contributed by atoms with Gasteiger partial charge >= 0.3 is 0 Å². The zero-order valence-corrected chi connectivity index (χ0v) is 14.4. The summed E-state index contributed by atoms with van der Waals surface area (Å²) in [5.41, 5.74) is 4.18. The Morgan fingerprint density at radius 3 is 2.38 bits per heavy atom. The van der Waals surface area contributed by atoms with Crippen molar-refractivity contribution < 1.29 is 17.6 Å². The summed E-state index contributed by atoms with van der Waals surface area (Å²) >= 11 is 0. The highest BCUT2D eigenvalue weighted by molar-refractivity contribution is 7.92. The van der Waals surface area contributed by atoms with Gasteiger partial charge in [-0.1, -0.05) is 30.3 Å². The van der Waals surface area contributed by atoms with Crippen LogP contribution in [0.3, 0.4) is 0 Å². The molecule has 2 unspecified atom stereocenters. The van der Waals surface area contributed by atoms with E-state index < -0.39 is 32.8 Å². The van der Waals surface area contributed by atoms with Crippen molar-refractivity contribution in [2.24, 2.45) is 5.73 Å². The number of nitrogens with one attached hydrogen (secondary N) is 1. The highest BCUT2D eigenvalue weighted by Crippen LogP contribution is 2.46. The van der Waals surface area contributed by atoms with Crippen LogP contribution in [0.4, 0.5) is 4.39 Å². The molecule has 2 saturated heterocycles. The standard InChI is InChI=1S/C16H22FN3O3S/c1-24(22,23)15(17)11-20(13-7-9-19-10-8-13)14(21)16(15,18)12-5-3-2-4-6-12/h2-6,13,19H,7-11,18H2,1H3. The van der Waals surface area contributed by atoms with Crippen LogP contribution in [0.1, 0.15) is 18.4 Å². The number of piperidine rings is 1. The van der Waals surface area contributed by atoms with E-state index in [0.717, 1.165) is 6.26 Å². The molecule has 6 nitrogen and oxygen atoms in total. The first kappa shape index (κ1) is 17.3. The molecule has 1 aromatic carbocycles. The lowest BCUT2D eigenvalue weighted by molar-refractivity contribution is -0.135. The van der Waals surface area contributed by atoms with E-state index in [1.807, 2.05) is 0 Å². The summed E-state index contributed by atoms with van der Waals surface area (Å²) in [5, 5.41) is 0.317. The van der Waals surface area contributed by atoms with Gasteiger partial charge in [0.1, 0.15) is 0 Å². The summed E-state index contributed by atoms with van der Waals surface area (Å²) in [6, 6.07) is 7.74. The number of rotatable bonds is 3. The van der Waals surface area contributed by atoms with Gasteiger partial charge in [0.25, 0.3) is 10.9 Å². The van der Waals surface area contributed by atoms with Gasteiger partial charge in [-0.3, -0.25) is 4.79 Å². The van der Waals surface area contributed by atoms with Crippen molar-refractivity contribution in [3.8, 4) is 0 Å². The van der Waals surface area contributed by atoms with Gasteiger partial charge < -0.3 is 16.0 Å². The van der Waals surface area contributed by atoms with E-state index in [1.165, 1.54) is 17.0 Å². The molecule has 24 heavy (non-hydrogen) atoms. The maximum absolute atomic E-state index is 15.8. The molecule has 1 amide bonds. The largest absolute Gasteiger partial charge is 0.333 e. The first-order valence-corrected chi connectivity index (χ1v) is 9.85. The molecule has 0 spiro atoms. The van der Waals surface area contributed by atoms with Crippen molar-refractivity contribution in [1.29, 1.82) is 0 Å². The Balaban J connectivity index is 2.11. The van der Waals surface area contributed by atoms with Gasteiger partial charge in [-0.25, -0.2) is 12.8 Å². The summed E-state index contributed by atoms with van der Waals surface area (Å²) in [4.78, 5) is 14.4. The number of halogens is 1. The summed E-state index contributed by atoms with van der Waals surface area (Å²) in [7, 11) is -4.23. The second-order valence-electron chi connectivity index (χ2n) is 6.59. The number of benzene rings is 1. The van der Waals surface area contributed by atoms with E-state index in [1.54, 1.807) is 18.2 Å². The number of hydrogen-bond acceptors (Lipinski definition) is 5. The lowest BCUT2D eigenvalue weighted by Crippen LogP contribution is -2.60. The van der Waals surface area contributed by atoms with Gasteiger partial charge in [0.15, 0.2) is 15.4 Å². The van der Waals surface area contributed by atoms with Gasteiger partial charge in [-0.15, -0.1) is 0 Å². The third-order valence-electron chi connectivity index (χ3n) is 5.13. The van der Waals surface area contributed by atoms with Crippen molar-refractivity contribution in [1.82, 2.24) is 10.2 Å². The molecule has 1 aromatic rings. The van der Waals surface area contributed by atoms with Gasteiger partial charge in [0, 0.05) is 12.3 Å². The van der Waals surface area contributed by atoms with Crippen LogP contribution in [0.25, 0.3) is 0 Å². The van der Waals surface area contributed by atoms with Crippen LogP contribution in [-0.4, -0.2) is 56.2 Å². The molecule has 0 saturated carbocycles. The summed E-state index contributed by atoms with van der Waals surface area (Å²) in [5.74, 6) is -0.659. The highest BCUT2D eigenvalue weighted by atomic mass is 32.2. The van der Waals surface area contributed by atoms with Crippen molar-refractivity contribution in [2.75, 3.05) is 25.9 Å². The Morgan fingerprint density at radius 1 is 1.25 bits per heavy atom. The highest BCUT2D eigenvalue weighted by Gasteiger charge is 2.70. The Hall–Kier alpha value is -1.51. The number of carbonyl (C=O) groups excluding carboxylic acids is 1. The molecule has 2 atom stereocenters. The van der Waals surface area contributed by atoms with Gasteiger partial charge in [-0.05, 0) is 31.5 Å². The molecule has 132 valence electrons. The molecule has 3 N–H and O–H groups in total. The first-order valence-electron chi connectivity index (χ1n) is 7.96. The van der Waals surface area contributed by atoms with Crippen LogP contribution in [0.2, 0.25) is 0 Å². The number of nitrogens with two attached hydrogens (primary N) is 1. The fraction of sp³-hybridized carbons (Fsp3) is 0.562. The smallest absolute Gasteiger partial charge is 0.258 e. The molecular formula is C16H22FN3O3S. The van der Waals surface area contributed by atoms with E-state index in [4.69, 9.17) is 5.73 Å². The van der Waals surface area contributed by atoms with E-state index >= 15 is 4.39 Å². The second-order valence-corrected chi connectivity index (χ2v) is 8.78. The SMILES string of the molecule is CS(=O)(=O)C1(F)CN(C2CCNCC2)C(=O)C1(N)c1ccccc1. The molecule has 3 rings (SSSR count). The maximum Gasteiger partial charge on any atom is 0.258 e.